The Morgan fingerprint density at radius 1 is 1.00 bits per heavy atom. The molecule has 1 fully saturated rings. The molecule has 0 unspecified atom stereocenters. The number of aromatic nitrogens is 3. The van der Waals surface area contributed by atoms with Gasteiger partial charge in [-0.3, -0.25) is 4.79 Å². The molecule has 8 heteroatoms. The predicted octanol–water partition coefficient (Wildman–Crippen LogP) is 2.98. The van der Waals surface area contributed by atoms with Crippen LogP contribution in [0.15, 0.2) is 65.6 Å². The number of fused-ring (bicyclic) bond motifs is 1. The van der Waals surface area contributed by atoms with Crippen molar-refractivity contribution in [2.75, 3.05) is 38.2 Å². The summed E-state index contributed by atoms with van der Waals surface area (Å²) < 4.78 is 13.1. The van der Waals surface area contributed by atoms with E-state index >= 15 is 0 Å². The monoisotopic (exact) mass is 403 g/mol. The Bertz CT molecular complexity index is 1180. The van der Waals surface area contributed by atoms with Crippen LogP contribution in [0.3, 0.4) is 0 Å². The maximum absolute atomic E-state index is 13.0. The number of anilines is 1. The number of carbonyl (C=O) groups excluding carboxylic acids is 1. The van der Waals surface area contributed by atoms with E-state index in [2.05, 4.69) is 14.9 Å². The summed E-state index contributed by atoms with van der Waals surface area (Å²) in [5.74, 6) is 2.52. The second-order valence-electron chi connectivity index (χ2n) is 7.09. The molecule has 1 aliphatic heterocycles. The summed E-state index contributed by atoms with van der Waals surface area (Å²) >= 11 is 0. The molecule has 0 atom stereocenters. The van der Waals surface area contributed by atoms with Crippen LogP contribution in [0.5, 0.6) is 5.75 Å². The van der Waals surface area contributed by atoms with Crippen molar-refractivity contribution in [2.24, 2.45) is 0 Å². The van der Waals surface area contributed by atoms with Gasteiger partial charge in [0.2, 0.25) is 0 Å². The number of piperazine rings is 1. The summed E-state index contributed by atoms with van der Waals surface area (Å²) in [5.41, 5.74) is 0.598. The average molecular weight is 403 g/mol. The van der Waals surface area contributed by atoms with Gasteiger partial charge in [0.1, 0.15) is 18.0 Å². The lowest BCUT2D eigenvalue weighted by molar-refractivity contribution is 0.0716. The standard InChI is InChI=1S/C22H21N5O3/c1-29-17-6-4-5-16-13-18(30-21(16)17)22(28)27-11-9-26(10-12-27)20-14-19(23-15-24-20)25-7-2-3-8-25/h2-8,13-15H,9-12H2,1H3. The van der Waals surface area contributed by atoms with Crippen LogP contribution in [0, 0.1) is 0 Å². The van der Waals surface area contributed by atoms with Crippen molar-refractivity contribution < 1.29 is 13.9 Å². The molecule has 1 saturated heterocycles. The minimum absolute atomic E-state index is 0.108. The number of nitrogens with zero attached hydrogens (tertiary/aromatic N) is 5. The molecule has 152 valence electrons. The van der Waals surface area contributed by atoms with Crippen molar-refractivity contribution in [3.63, 3.8) is 0 Å². The number of rotatable bonds is 4. The number of amides is 1. The molecule has 0 bridgehead atoms. The van der Waals surface area contributed by atoms with E-state index in [1.807, 2.05) is 58.3 Å². The van der Waals surface area contributed by atoms with Gasteiger partial charge in [0, 0.05) is 50.0 Å². The highest BCUT2D eigenvalue weighted by Crippen LogP contribution is 2.29. The van der Waals surface area contributed by atoms with E-state index in [0.29, 0.717) is 43.3 Å². The van der Waals surface area contributed by atoms with Gasteiger partial charge in [-0.25, -0.2) is 9.97 Å². The number of furan rings is 1. The molecule has 0 saturated carbocycles. The van der Waals surface area contributed by atoms with Crippen LogP contribution in [0.25, 0.3) is 16.8 Å². The van der Waals surface area contributed by atoms with Crippen LogP contribution < -0.4 is 9.64 Å². The van der Waals surface area contributed by atoms with Crippen LogP contribution in [0.1, 0.15) is 10.6 Å². The summed E-state index contributed by atoms with van der Waals surface area (Å²) in [4.78, 5) is 25.7. The second-order valence-corrected chi connectivity index (χ2v) is 7.09. The quantitative estimate of drug-likeness (QED) is 0.521. The first-order valence-electron chi connectivity index (χ1n) is 9.79. The summed E-state index contributed by atoms with van der Waals surface area (Å²) in [7, 11) is 1.59. The number of hydrogen-bond acceptors (Lipinski definition) is 6. The fourth-order valence-electron chi connectivity index (χ4n) is 3.74. The summed E-state index contributed by atoms with van der Waals surface area (Å²) in [6, 6.07) is 13.3. The minimum atomic E-state index is -0.108. The molecule has 1 aromatic carbocycles. The van der Waals surface area contributed by atoms with Crippen molar-refractivity contribution in [3.05, 3.63) is 66.9 Å². The zero-order valence-corrected chi connectivity index (χ0v) is 16.6. The molecule has 30 heavy (non-hydrogen) atoms. The van der Waals surface area contributed by atoms with Crippen molar-refractivity contribution in [1.29, 1.82) is 0 Å². The van der Waals surface area contributed by atoms with Crippen molar-refractivity contribution in [1.82, 2.24) is 19.4 Å². The third-order valence-corrected chi connectivity index (χ3v) is 5.34. The third kappa shape index (κ3) is 3.26. The lowest BCUT2D eigenvalue weighted by Gasteiger charge is -2.35. The van der Waals surface area contributed by atoms with Crippen LogP contribution in [-0.2, 0) is 0 Å². The number of para-hydroxylation sites is 1. The molecule has 0 radical (unpaired) electrons. The topological polar surface area (TPSA) is 76.6 Å². The number of benzene rings is 1. The maximum atomic E-state index is 13.0. The van der Waals surface area contributed by atoms with Gasteiger partial charge < -0.3 is 23.5 Å². The Kier molecular flexibility index (Phi) is 4.59. The first kappa shape index (κ1) is 18.2. The summed E-state index contributed by atoms with van der Waals surface area (Å²) in [6.07, 6.45) is 5.47. The largest absolute Gasteiger partial charge is 0.493 e. The third-order valence-electron chi connectivity index (χ3n) is 5.34. The molecule has 5 rings (SSSR count). The highest BCUT2D eigenvalue weighted by molar-refractivity contribution is 5.97. The zero-order valence-electron chi connectivity index (χ0n) is 16.6. The number of hydrogen-bond donors (Lipinski definition) is 0. The molecule has 3 aromatic heterocycles. The molecule has 8 nitrogen and oxygen atoms in total. The number of ether oxygens (including phenoxy) is 1. The smallest absolute Gasteiger partial charge is 0.289 e. The molecule has 1 aliphatic rings. The highest BCUT2D eigenvalue weighted by atomic mass is 16.5. The van der Waals surface area contributed by atoms with Gasteiger partial charge in [-0.05, 0) is 24.3 Å². The van der Waals surface area contributed by atoms with Crippen LogP contribution in [0.2, 0.25) is 0 Å². The maximum Gasteiger partial charge on any atom is 0.289 e. The number of carbonyl (C=O) groups is 1. The van der Waals surface area contributed by atoms with Gasteiger partial charge in [-0.15, -0.1) is 0 Å². The van der Waals surface area contributed by atoms with E-state index in [9.17, 15) is 4.79 Å². The Morgan fingerprint density at radius 2 is 1.77 bits per heavy atom. The molecular formula is C22H21N5O3. The van der Waals surface area contributed by atoms with Gasteiger partial charge in [0.25, 0.3) is 5.91 Å². The van der Waals surface area contributed by atoms with Crippen molar-refractivity contribution >= 4 is 22.7 Å². The van der Waals surface area contributed by atoms with E-state index in [1.54, 1.807) is 19.5 Å². The molecule has 0 spiro atoms. The van der Waals surface area contributed by atoms with Crippen molar-refractivity contribution in [3.8, 4) is 11.6 Å². The van der Waals surface area contributed by atoms with Crippen LogP contribution in [-0.4, -0.2) is 58.6 Å². The Balaban J connectivity index is 1.29. The first-order chi connectivity index (χ1) is 14.7. The van der Waals surface area contributed by atoms with E-state index in [-0.39, 0.29) is 5.91 Å². The highest BCUT2D eigenvalue weighted by Gasteiger charge is 2.26. The van der Waals surface area contributed by atoms with Crippen LogP contribution in [0.4, 0.5) is 5.82 Å². The zero-order chi connectivity index (χ0) is 20.5. The second kappa shape index (κ2) is 7.55. The minimum Gasteiger partial charge on any atom is -0.493 e. The van der Waals surface area contributed by atoms with E-state index in [0.717, 1.165) is 17.0 Å². The SMILES string of the molecule is COc1cccc2cc(C(=O)N3CCN(c4cc(-n5cccc5)ncn4)CC3)oc12. The van der Waals surface area contributed by atoms with Gasteiger partial charge in [-0.1, -0.05) is 12.1 Å². The van der Waals surface area contributed by atoms with Gasteiger partial charge >= 0.3 is 0 Å². The predicted molar refractivity (Wildman–Crippen MR) is 112 cm³/mol. The number of methoxy groups -OCH3 is 1. The Labute approximate surface area is 173 Å². The summed E-state index contributed by atoms with van der Waals surface area (Å²) in [5, 5.41) is 0.856. The summed E-state index contributed by atoms with van der Waals surface area (Å²) in [6.45, 7) is 2.57. The molecule has 0 N–H and O–H groups in total. The average Bonchev–Trinajstić information content (AvgIpc) is 3.49. The van der Waals surface area contributed by atoms with E-state index in [4.69, 9.17) is 9.15 Å². The lowest BCUT2D eigenvalue weighted by atomic mass is 10.2. The molecule has 4 heterocycles. The lowest BCUT2D eigenvalue weighted by Crippen LogP contribution is -2.49. The molecule has 0 aliphatic carbocycles. The van der Waals surface area contributed by atoms with E-state index in [1.165, 1.54) is 0 Å². The Morgan fingerprint density at radius 3 is 2.53 bits per heavy atom. The first-order valence-corrected chi connectivity index (χ1v) is 9.79. The van der Waals surface area contributed by atoms with Gasteiger partial charge in [-0.2, -0.15) is 0 Å². The van der Waals surface area contributed by atoms with Gasteiger partial charge in [0.05, 0.1) is 7.11 Å². The fourth-order valence-corrected chi connectivity index (χ4v) is 3.74. The fraction of sp³-hybridized carbons (Fsp3) is 0.227. The molecule has 1 amide bonds. The van der Waals surface area contributed by atoms with Crippen molar-refractivity contribution in [2.45, 2.75) is 0 Å². The Hall–Kier alpha value is -3.81. The van der Waals surface area contributed by atoms with Crippen LogP contribution >= 0.6 is 0 Å². The van der Waals surface area contributed by atoms with Gasteiger partial charge in [0.15, 0.2) is 17.1 Å². The van der Waals surface area contributed by atoms with E-state index < -0.39 is 0 Å². The molecular weight excluding hydrogens is 382 g/mol. The normalized spacial score (nSPS) is 14.3. The molecule has 4 aromatic rings.